The molecule has 0 aliphatic heterocycles. The highest BCUT2D eigenvalue weighted by Gasteiger charge is 2.29. The minimum atomic E-state index is -1.01. The van der Waals surface area contributed by atoms with Crippen molar-refractivity contribution >= 4 is 35.6 Å². The van der Waals surface area contributed by atoms with Crippen LogP contribution in [-0.4, -0.2) is 244 Å². The molecule has 78 heavy (non-hydrogen) atoms. The molecule has 0 saturated carbocycles. The lowest BCUT2D eigenvalue weighted by molar-refractivity contribution is -0.155. The van der Waals surface area contributed by atoms with Crippen molar-refractivity contribution in [1.82, 2.24) is 21.4 Å². The number of Topliss-reactive ketones (excluding diaryl/α,β-unsaturated/α-hetero) is 1. The molecule has 2 atom stereocenters. The Balaban J connectivity index is 5.15. The zero-order valence-electron chi connectivity index (χ0n) is 47.6. The summed E-state index contributed by atoms with van der Waals surface area (Å²) >= 11 is 0. The fourth-order valence-electron chi connectivity index (χ4n) is 6.18. The number of carbonyl (C=O) groups excluding carboxylic acids is 6. The Hall–Kier alpha value is -3.78. The number of rotatable bonds is 55. The van der Waals surface area contributed by atoms with Crippen molar-refractivity contribution in [2.75, 3.05) is 191 Å². The number of amides is 4. The second kappa shape index (κ2) is 51.4. The molecule has 27 nitrogen and oxygen atoms in total. The van der Waals surface area contributed by atoms with Gasteiger partial charge < -0.3 is 93.7 Å². The maximum atomic E-state index is 14.0. The minimum absolute atomic E-state index is 0.00226. The summed E-state index contributed by atoms with van der Waals surface area (Å²) in [6.45, 7) is 18.6. The molecule has 0 unspecified atom stereocenters. The van der Waals surface area contributed by atoms with Crippen molar-refractivity contribution in [3.63, 3.8) is 0 Å². The van der Waals surface area contributed by atoms with E-state index < -0.39 is 52.8 Å². The lowest BCUT2D eigenvalue weighted by atomic mass is 9.91. The van der Waals surface area contributed by atoms with Gasteiger partial charge in [-0.3, -0.25) is 28.8 Å². The van der Waals surface area contributed by atoms with Gasteiger partial charge in [-0.05, 0) is 67.2 Å². The average Bonchev–Trinajstić information content (AvgIpc) is 3.37. The summed E-state index contributed by atoms with van der Waals surface area (Å²) in [6.07, 6.45) is -0.0834. The molecule has 0 aliphatic rings. The standard InChI is InChI=1S/C51H98N6O21/c1-50(2,3)77-47(61)11-10-42(48(62)55-15-18-66-21-24-73-37-38-76-57-49(63)78-51(4,5)6)39-44(58)43(56-46(60)41-75-36-34-72-32-30-70-28-26-68-23-20-65-17-13-53)9-7-8-14-54-45(59)40-74-35-33-71-31-29-69-27-25-67-22-19-64-16-12-52/h42-43H,7-41,52-53H2,1-6H3,(H,54,59)(H,55,62)(H,56,60)(H,57,63)/t42-,43+/m0/s1. The molecule has 0 aromatic rings. The Bertz CT molecular complexity index is 1510. The van der Waals surface area contributed by atoms with Crippen LogP contribution in [0.3, 0.4) is 0 Å². The first-order valence-corrected chi connectivity index (χ1v) is 27.0. The SMILES string of the molecule is CC(C)(C)OC(=O)CC[C@@H](CC(=O)[C@@H](CCCCNC(=O)COCCOCCOCCOCCOCCN)NC(=O)COCCOCCOCCOCCOCCN)C(=O)NCCOCCOCCONC(=O)OC(C)(C)C. The third-order valence-corrected chi connectivity index (χ3v) is 9.67. The number of hydroxylamine groups is 1. The van der Waals surface area contributed by atoms with E-state index in [1.807, 2.05) is 0 Å². The quantitative estimate of drug-likeness (QED) is 0.0268. The second-order valence-electron chi connectivity index (χ2n) is 19.0. The van der Waals surface area contributed by atoms with Crippen molar-refractivity contribution in [2.24, 2.45) is 17.4 Å². The van der Waals surface area contributed by atoms with Gasteiger partial charge in [-0.15, -0.1) is 0 Å². The Morgan fingerprint density at radius 3 is 1.29 bits per heavy atom. The number of ketones is 1. The number of esters is 1. The number of nitrogens with one attached hydrogen (secondary N) is 4. The van der Waals surface area contributed by atoms with Gasteiger partial charge in [0.1, 0.15) is 24.4 Å². The summed E-state index contributed by atoms with van der Waals surface area (Å²) in [7, 11) is 0. The van der Waals surface area contributed by atoms with E-state index >= 15 is 0 Å². The monoisotopic (exact) mass is 1130 g/mol. The maximum absolute atomic E-state index is 14.0. The molecule has 0 bridgehead atoms. The normalized spacial score (nSPS) is 12.5. The molecule has 0 aromatic heterocycles. The van der Waals surface area contributed by atoms with Crippen LogP contribution in [0.5, 0.6) is 0 Å². The van der Waals surface area contributed by atoms with E-state index in [4.69, 9.17) is 82.6 Å². The van der Waals surface area contributed by atoms with Crippen molar-refractivity contribution in [3.05, 3.63) is 0 Å². The van der Waals surface area contributed by atoms with Crippen LogP contribution in [0, 0.1) is 5.92 Å². The van der Waals surface area contributed by atoms with Gasteiger partial charge in [0.2, 0.25) is 17.7 Å². The van der Waals surface area contributed by atoms with Crippen LogP contribution in [0.1, 0.15) is 80.1 Å². The van der Waals surface area contributed by atoms with Gasteiger partial charge in [0.15, 0.2) is 5.78 Å². The average molecular weight is 1130 g/mol. The van der Waals surface area contributed by atoms with Crippen molar-refractivity contribution in [2.45, 2.75) is 97.3 Å². The fraction of sp³-hybridized carbons (Fsp3) is 0.882. The van der Waals surface area contributed by atoms with E-state index in [1.54, 1.807) is 41.5 Å². The zero-order chi connectivity index (χ0) is 57.8. The van der Waals surface area contributed by atoms with Crippen LogP contribution in [-0.2, 0) is 95.1 Å². The highest BCUT2D eigenvalue weighted by Crippen LogP contribution is 2.18. The Kier molecular flexibility index (Phi) is 48.9. The third-order valence-electron chi connectivity index (χ3n) is 9.67. The highest BCUT2D eigenvalue weighted by molar-refractivity contribution is 5.92. The summed E-state index contributed by atoms with van der Waals surface area (Å²) in [5.74, 6) is -3.29. The lowest BCUT2D eigenvalue weighted by Crippen LogP contribution is -2.44. The predicted octanol–water partition coefficient (Wildman–Crippen LogP) is 0.144. The van der Waals surface area contributed by atoms with E-state index in [1.165, 1.54) is 0 Å². The first-order valence-electron chi connectivity index (χ1n) is 27.0. The summed E-state index contributed by atoms with van der Waals surface area (Å²) in [4.78, 5) is 82.6. The van der Waals surface area contributed by atoms with Gasteiger partial charge in [-0.2, -0.15) is 5.48 Å². The van der Waals surface area contributed by atoms with Crippen LogP contribution in [0.2, 0.25) is 0 Å². The molecule has 0 heterocycles. The molecular formula is C51H98N6O21. The van der Waals surface area contributed by atoms with Gasteiger partial charge in [0.25, 0.3) is 0 Å². The summed E-state index contributed by atoms with van der Waals surface area (Å²) in [5.41, 5.74) is 11.5. The Morgan fingerprint density at radius 2 is 0.846 bits per heavy atom. The third kappa shape index (κ3) is 52.9. The molecule has 458 valence electrons. The fourth-order valence-corrected chi connectivity index (χ4v) is 6.18. The Morgan fingerprint density at radius 1 is 0.436 bits per heavy atom. The number of carbonyl (C=O) groups is 6. The molecule has 0 aromatic carbocycles. The van der Waals surface area contributed by atoms with Crippen LogP contribution in [0.4, 0.5) is 4.79 Å². The van der Waals surface area contributed by atoms with E-state index in [-0.39, 0.29) is 117 Å². The molecule has 0 saturated heterocycles. The van der Waals surface area contributed by atoms with Crippen molar-refractivity contribution in [1.29, 1.82) is 0 Å². The highest BCUT2D eigenvalue weighted by atomic mass is 16.7. The number of nitrogens with two attached hydrogens (primary N) is 2. The molecule has 27 heteroatoms. The maximum Gasteiger partial charge on any atom is 0.431 e. The van der Waals surface area contributed by atoms with Gasteiger partial charge in [0.05, 0.1) is 158 Å². The topological polar surface area (TPSA) is 341 Å². The number of hydrogen-bond donors (Lipinski definition) is 6. The van der Waals surface area contributed by atoms with E-state index in [0.717, 1.165) is 0 Å². The summed E-state index contributed by atoms with van der Waals surface area (Å²) in [5, 5.41) is 8.31. The molecule has 0 rings (SSSR count). The minimum Gasteiger partial charge on any atom is -0.460 e. The van der Waals surface area contributed by atoms with Gasteiger partial charge >= 0.3 is 12.1 Å². The smallest absolute Gasteiger partial charge is 0.431 e. The molecule has 4 amide bonds. The largest absolute Gasteiger partial charge is 0.460 e. The second-order valence-corrected chi connectivity index (χ2v) is 19.0. The van der Waals surface area contributed by atoms with Gasteiger partial charge in [-0.25, -0.2) is 4.79 Å². The summed E-state index contributed by atoms with van der Waals surface area (Å²) in [6, 6.07) is -1.01. The van der Waals surface area contributed by atoms with Gasteiger partial charge in [0, 0.05) is 44.9 Å². The summed E-state index contributed by atoms with van der Waals surface area (Å²) < 4.78 is 75.6. The lowest BCUT2D eigenvalue weighted by Gasteiger charge is -2.23. The molecule has 0 spiro atoms. The zero-order valence-corrected chi connectivity index (χ0v) is 47.6. The van der Waals surface area contributed by atoms with Crippen LogP contribution in [0.25, 0.3) is 0 Å². The number of unbranched alkanes of at least 4 members (excludes halogenated alkanes) is 1. The van der Waals surface area contributed by atoms with Crippen LogP contribution < -0.4 is 32.9 Å². The van der Waals surface area contributed by atoms with Gasteiger partial charge in [-0.1, -0.05) is 0 Å². The number of ether oxygens (including phenoxy) is 14. The number of hydrogen-bond acceptors (Lipinski definition) is 23. The van der Waals surface area contributed by atoms with Crippen LogP contribution >= 0.6 is 0 Å². The molecule has 8 N–H and O–H groups in total. The molecular weight excluding hydrogens is 1030 g/mol. The molecule has 0 aliphatic carbocycles. The molecule has 0 radical (unpaired) electrons. The predicted molar refractivity (Wildman–Crippen MR) is 283 cm³/mol. The van der Waals surface area contributed by atoms with Crippen molar-refractivity contribution in [3.8, 4) is 0 Å². The molecule has 0 fully saturated rings. The first-order chi connectivity index (χ1) is 37.5. The first kappa shape index (κ1) is 74.2. The van der Waals surface area contributed by atoms with E-state index in [2.05, 4.69) is 21.4 Å². The van der Waals surface area contributed by atoms with Crippen molar-refractivity contribution < 1.29 is 99.9 Å². The van der Waals surface area contributed by atoms with E-state index in [0.29, 0.717) is 118 Å². The van der Waals surface area contributed by atoms with Crippen LogP contribution in [0.15, 0.2) is 0 Å². The van der Waals surface area contributed by atoms with E-state index in [9.17, 15) is 28.8 Å². The Labute approximate surface area is 461 Å².